The summed E-state index contributed by atoms with van der Waals surface area (Å²) >= 11 is 1.88. The van der Waals surface area contributed by atoms with Crippen molar-refractivity contribution >= 4 is 11.3 Å². The number of rotatable bonds is 5. The summed E-state index contributed by atoms with van der Waals surface area (Å²) in [5, 5.41) is 5.84. The van der Waals surface area contributed by atoms with Gasteiger partial charge in [0.05, 0.1) is 0 Å². The van der Waals surface area contributed by atoms with E-state index in [-0.39, 0.29) is 0 Å². The Hall–Kier alpha value is -0.380. The summed E-state index contributed by atoms with van der Waals surface area (Å²) < 4.78 is 0. The zero-order chi connectivity index (χ0) is 13.8. The highest BCUT2D eigenvalue weighted by Gasteiger charge is 2.32. The van der Waals surface area contributed by atoms with Gasteiger partial charge in [-0.3, -0.25) is 4.90 Å². The van der Waals surface area contributed by atoms with Crippen molar-refractivity contribution in [2.75, 3.05) is 19.6 Å². The van der Waals surface area contributed by atoms with Crippen LogP contribution in [-0.2, 0) is 6.54 Å². The molecule has 0 amide bonds. The molecule has 20 heavy (non-hydrogen) atoms. The van der Waals surface area contributed by atoms with Gasteiger partial charge in [0.15, 0.2) is 0 Å². The highest BCUT2D eigenvalue weighted by atomic mass is 32.1. The first-order valence-corrected chi connectivity index (χ1v) is 9.20. The molecular formula is C17H28N2S. The average Bonchev–Trinajstić information content (AvgIpc) is 2.89. The molecule has 1 aliphatic heterocycles. The van der Waals surface area contributed by atoms with Crippen LogP contribution < -0.4 is 5.32 Å². The summed E-state index contributed by atoms with van der Waals surface area (Å²) in [5.74, 6) is 1.01. The number of likely N-dealkylation sites (tertiary alicyclic amines) is 1. The molecule has 1 saturated carbocycles. The monoisotopic (exact) mass is 292 g/mol. The molecule has 0 bridgehead atoms. The Balaban J connectivity index is 1.42. The fraction of sp³-hybridized carbons (Fsp3) is 0.765. The normalized spacial score (nSPS) is 27.4. The first-order chi connectivity index (χ1) is 9.84. The van der Waals surface area contributed by atoms with Gasteiger partial charge in [-0.25, -0.2) is 0 Å². The first-order valence-electron chi connectivity index (χ1n) is 8.32. The van der Waals surface area contributed by atoms with E-state index in [9.17, 15) is 0 Å². The van der Waals surface area contributed by atoms with Crippen LogP contribution in [0.2, 0.25) is 0 Å². The van der Waals surface area contributed by atoms with E-state index < -0.39 is 0 Å². The zero-order valence-corrected chi connectivity index (χ0v) is 13.6. The molecule has 1 aromatic heterocycles. The Bertz CT molecular complexity index is 413. The lowest BCUT2D eigenvalue weighted by molar-refractivity contribution is 0.0618. The van der Waals surface area contributed by atoms with Crippen molar-refractivity contribution in [1.82, 2.24) is 10.2 Å². The summed E-state index contributed by atoms with van der Waals surface area (Å²) in [7, 11) is 0. The van der Waals surface area contributed by atoms with Crippen molar-refractivity contribution in [2.24, 2.45) is 5.92 Å². The lowest BCUT2D eigenvalue weighted by Gasteiger charge is -2.44. The molecule has 1 aromatic rings. The van der Waals surface area contributed by atoms with Gasteiger partial charge < -0.3 is 5.32 Å². The minimum Gasteiger partial charge on any atom is -0.311 e. The molecule has 3 heteroatoms. The molecule has 0 spiro atoms. The summed E-state index contributed by atoms with van der Waals surface area (Å²) in [5.41, 5.74) is 1.44. The second kappa shape index (κ2) is 7.06. The third-order valence-electron chi connectivity index (χ3n) is 5.19. The molecule has 112 valence electrons. The van der Waals surface area contributed by atoms with Crippen molar-refractivity contribution in [1.29, 1.82) is 0 Å². The van der Waals surface area contributed by atoms with E-state index in [1.54, 1.807) is 0 Å². The van der Waals surface area contributed by atoms with E-state index in [1.807, 2.05) is 11.3 Å². The molecule has 2 fully saturated rings. The highest BCUT2D eigenvalue weighted by molar-refractivity contribution is 7.10. The summed E-state index contributed by atoms with van der Waals surface area (Å²) in [6.45, 7) is 6.98. The fourth-order valence-electron chi connectivity index (χ4n) is 4.02. The van der Waals surface area contributed by atoms with Gasteiger partial charge in [-0.2, -0.15) is 0 Å². The Morgan fingerprint density at radius 3 is 2.95 bits per heavy atom. The highest BCUT2D eigenvalue weighted by Crippen LogP contribution is 2.34. The first kappa shape index (κ1) is 14.6. The minimum absolute atomic E-state index is 0.905. The number of fused-ring (bicyclic) bond motifs is 1. The molecule has 0 radical (unpaired) electrons. The van der Waals surface area contributed by atoms with Gasteiger partial charge in [0.2, 0.25) is 0 Å². The molecule has 2 heterocycles. The van der Waals surface area contributed by atoms with Gasteiger partial charge in [-0.05, 0) is 62.1 Å². The number of piperidine rings is 1. The van der Waals surface area contributed by atoms with E-state index >= 15 is 0 Å². The van der Waals surface area contributed by atoms with E-state index in [1.165, 1.54) is 62.1 Å². The Labute approximate surface area is 127 Å². The van der Waals surface area contributed by atoms with E-state index in [4.69, 9.17) is 0 Å². The number of thiophene rings is 1. The lowest BCUT2D eigenvalue weighted by Crippen LogP contribution is -2.48. The largest absolute Gasteiger partial charge is 0.311 e. The van der Waals surface area contributed by atoms with Crippen LogP contribution >= 0.6 is 11.3 Å². The quantitative estimate of drug-likeness (QED) is 0.830. The van der Waals surface area contributed by atoms with Gasteiger partial charge in [0, 0.05) is 30.6 Å². The molecule has 2 unspecified atom stereocenters. The number of nitrogens with zero attached hydrogens (tertiary/aromatic N) is 1. The smallest absolute Gasteiger partial charge is 0.0302 e. The predicted octanol–water partition coefficient (Wildman–Crippen LogP) is 3.80. The molecule has 3 rings (SSSR count). The second-order valence-electron chi connectivity index (χ2n) is 6.49. The summed E-state index contributed by atoms with van der Waals surface area (Å²) in [6.07, 6.45) is 8.79. The van der Waals surface area contributed by atoms with Crippen LogP contribution in [0.5, 0.6) is 0 Å². The Morgan fingerprint density at radius 1 is 1.25 bits per heavy atom. The van der Waals surface area contributed by atoms with E-state index in [0.29, 0.717) is 0 Å². The van der Waals surface area contributed by atoms with Crippen LogP contribution in [0.1, 0.15) is 49.0 Å². The SMILES string of the molecule is Cc1ccsc1CNCCN1CCCC2CCCCC21. The molecule has 1 N–H and O–H groups in total. The van der Waals surface area contributed by atoms with Crippen LogP contribution in [0.4, 0.5) is 0 Å². The topological polar surface area (TPSA) is 15.3 Å². The van der Waals surface area contributed by atoms with Gasteiger partial charge in [0.1, 0.15) is 0 Å². The second-order valence-corrected chi connectivity index (χ2v) is 7.49. The summed E-state index contributed by atoms with van der Waals surface area (Å²) in [4.78, 5) is 4.28. The molecule has 1 saturated heterocycles. The molecule has 2 aliphatic rings. The number of hydrogen-bond acceptors (Lipinski definition) is 3. The Morgan fingerprint density at radius 2 is 2.10 bits per heavy atom. The lowest BCUT2D eigenvalue weighted by atomic mass is 9.78. The van der Waals surface area contributed by atoms with Gasteiger partial charge >= 0.3 is 0 Å². The van der Waals surface area contributed by atoms with E-state index in [2.05, 4.69) is 28.6 Å². The Kier molecular flexibility index (Phi) is 5.14. The van der Waals surface area contributed by atoms with Crippen LogP contribution in [0.15, 0.2) is 11.4 Å². The predicted molar refractivity (Wildman–Crippen MR) is 87.3 cm³/mol. The molecule has 1 aliphatic carbocycles. The van der Waals surface area contributed by atoms with Crippen LogP contribution in [0, 0.1) is 12.8 Å². The standard InChI is InChI=1S/C17H28N2S/c1-14-8-12-20-17(14)13-18-9-11-19-10-4-6-15-5-2-3-7-16(15)19/h8,12,15-16,18H,2-7,9-11,13H2,1H3. The van der Waals surface area contributed by atoms with Crippen molar-refractivity contribution in [3.05, 3.63) is 21.9 Å². The number of hydrogen-bond donors (Lipinski definition) is 1. The third-order valence-corrected chi connectivity index (χ3v) is 6.21. The maximum atomic E-state index is 3.64. The molecule has 0 aromatic carbocycles. The third kappa shape index (κ3) is 3.44. The van der Waals surface area contributed by atoms with Crippen LogP contribution in [-0.4, -0.2) is 30.6 Å². The minimum atomic E-state index is 0.905. The maximum Gasteiger partial charge on any atom is 0.0302 e. The zero-order valence-electron chi connectivity index (χ0n) is 12.7. The molecule has 2 atom stereocenters. The fourth-order valence-corrected chi connectivity index (χ4v) is 4.89. The van der Waals surface area contributed by atoms with Crippen LogP contribution in [0.3, 0.4) is 0 Å². The molecule has 2 nitrogen and oxygen atoms in total. The van der Waals surface area contributed by atoms with Crippen LogP contribution in [0.25, 0.3) is 0 Å². The number of nitrogens with one attached hydrogen (secondary N) is 1. The van der Waals surface area contributed by atoms with Crippen molar-refractivity contribution in [3.63, 3.8) is 0 Å². The van der Waals surface area contributed by atoms with Gasteiger partial charge in [-0.15, -0.1) is 11.3 Å². The number of aryl methyl sites for hydroxylation is 1. The van der Waals surface area contributed by atoms with Crippen molar-refractivity contribution in [2.45, 2.75) is 58.0 Å². The average molecular weight is 292 g/mol. The van der Waals surface area contributed by atoms with E-state index in [0.717, 1.165) is 25.0 Å². The van der Waals surface area contributed by atoms with Crippen molar-refractivity contribution in [3.8, 4) is 0 Å². The van der Waals surface area contributed by atoms with Gasteiger partial charge in [-0.1, -0.05) is 12.8 Å². The maximum absolute atomic E-state index is 3.64. The van der Waals surface area contributed by atoms with Crippen molar-refractivity contribution < 1.29 is 0 Å². The summed E-state index contributed by atoms with van der Waals surface area (Å²) in [6, 6.07) is 3.13. The van der Waals surface area contributed by atoms with Gasteiger partial charge in [0.25, 0.3) is 0 Å². The molecular weight excluding hydrogens is 264 g/mol.